The maximum atomic E-state index is 10.1. The van der Waals surface area contributed by atoms with Gasteiger partial charge >= 0.3 is 5.97 Å². The number of nitrogens with zero attached hydrogens (tertiary/aromatic N) is 1. The van der Waals surface area contributed by atoms with Gasteiger partial charge in [0.15, 0.2) is 0 Å². The van der Waals surface area contributed by atoms with Crippen molar-refractivity contribution in [1.29, 1.82) is 0 Å². The number of hydrogen-bond donors (Lipinski definition) is 1. The standard InChI is InChI=1S/C10H13NO3S/c1-8-9(15-7-11-8)4-6-14-5-2-3-10(12)13/h2-3,7H,4-6H2,1H3,(H,12,13)/b3-2+. The Bertz CT molecular complexity index is 346. The molecule has 0 aliphatic rings. The lowest BCUT2D eigenvalue weighted by atomic mass is 10.3. The van der Waals surface area contributed by atoms with Crippen LogP contribution in [0.2, 0.25) is 0 Å². The molecule has 4 nitrogen and oxygen atoms in total. The summed E-state index contributed by atoms with van der Waals surface area (Å²) < 4.78 is 5.24. The molecule has 5 heteroatoms. The lowest BCUT2D eigenvalue weighted by Crippen LogP contribution is -1.99. The second kappa shape index (κ2) is 6.31. The normalized spacial score (nSPS) is 11.0. The molecule has 0 atom stereocenters. The van der Waals surface area contributed by atoms with E-state index < -0.39 is 5.97 Å². The Morgan fingerprint density at radius 2 is 2.53 bits per heavy atom. The van der Waals surface area contributed by atoms with Gasteiger partial charge in [-0.15, -0.1) is 11.3 Å². The van der Waals surface area contributed by atoms with Crippen LogP contribution in [0.3, 0.4) is 0 Å². The molecule has 1 aromatic rings. The predicted molar refractivity (Wildman–Crippen MR) is 58.1 cm³/mol. The molecular formula is C10H13NO3S. The third kappa shape index (κ3) is 4.71. The first kappa shape index (κ1) is 11.9. The zero-order chi connectivity index (χ0) is 11.1. The third-order valence-electron chi connectivity index (χ3n) is 1.79. The Hall–Kier alpha value is -1.20. The lowest BCUT2D eigenvalue weighted by molar-refractivity contribution is -0.131. The fraction of sp³-hybridized carbons (Fsp3) is 0.400. The fourth-order valence-electron chi connectivity index (χ4n) is 1.03. The number of ether oxygens (including phenoxy) is 1. The number of carboxylic acids is 1. The van der Waals surface area contributed by atoms with Crippen LogP contribution in [-0.2, 0) is 16.0 Å². The molecular weight excluding hydrogens is 214 g/mol. The van der Waals surface area contributed by atoms with Crippen LogP contribution in [0.4, 0.5) is 0 Å². The van der Waals surface area contributed by atoms with Gasteiger partial charge in [-0.25, -0.2) is 9.78 Å². The van der Waals surface area contributed by atoms with Crippen LogP contribution in [0.15, 0.2) is 17.7 Å². The van der Waals surface area contributed by atoms with Gasteiger partial charge in [-0.3, -0.25) is 0 Å². The lowest BCUT2D eigenvalue weighted by Gasteiger charge is -1.99. The van der Waals surface area contributed by atoms with E-state index >= 15 is 0 Å². The first-order valence-electron chi connectivity index (χ1n) is 4.56. The zero-order valence-corrected chi connectivity index (χ0v) is 9.29. The van der Waals surface area contributed by atoms with Gasteiger partial charge < -0.3 is 9.84 Å². The molecule has 0 saturated heterocycles. The van der Waals surface area contributed by atoms with Crippen molar-refractivity contribution in [2.45, 2.75) is 13.3 Å². The molecule has 0 fully saturated rings. The molecule has 0 unspecified atom stereocenters. The minimum atomic E-state index is -0.947. The third-order valence-corrected chi connectivity index (χ3v) is 2.79. The van der Waals surface area contributed by atoms with E-state index in [0.29, 0.717) is 13.2 Å². The topological polar surface area (TPSA) is 59.4 Å². The highest BCUT2D eigenvalue weighted by atomic mass is 32.1. The van der Waals surface area contributed by atoms with Crippen LogP contribution in [0.5, 0.6) is 0 Å². The highest BCUT2D eigenvalue weighted by molar-refractivity contribution is 7.09. The van der Waals surface area contributed by atoms with Crippen molar-refractivity contribution in [1.82, 2.24) is 4.98 Å². The van der Waals surface area contributed by atoms with E-state index in [4.69, 9.17) is 9.84 Å². The molecule has 0 aliphatic carbocycles. The van der Waals surface area contributed by atoms with E-state index in [0.717, 1.165) is 18.2 Å². The van der Waals surface area contributed by atoms with Gasteiger partial charge in [0.1, 0.15) is 0 Å². The van der Waals surface area contributed by atoms with Gasteiger partial charge in [-0.2, -0.15) is 0 Å². The molecule has 1 N–H and O–H groups in total. The van der Waals surface area contributed by atoms with E-state index in [2.05, 4.69) is 4.98 Å². The minimum absolute atomic E-state index is 0.337. The van der Waals surface area contributed by atoms with E-state index in [-0.39, 0.29) is 0 Å². The van der Waals surface area contributed by atoms with Crippen LogP contribution in [0, 0.1) is 6.92 Å². The zero-order valence-electron chi connectivity index (χ0n) is 8.47. The average molecular weight is 227 g/mol. The second-order valence-electron chi connectivity index (χ2n) is 2.93. The molecule has 0 spiro atoms. The molecule has 0 amide bonds. The molecule has 0 aromatic carbocycles. The molecule has 1 aromatic heterocycles. The Balaban J connectivity index is 2.12. The maximum absolute atomic E-state index is 10.1. The summed E-state index contributed by atoms with van der Waals surface area (Å²) in [6.45, 7) is 2.90. The average Bonchev–Trinajstić information content (AvgIpc) is 2.57. The summed E-state index contributed by atoms with van der Waals surface area (Å²) in [5.74, 6) is -0.947. The van der Waals surface area contributed by atoms with Crippen molar-refractivity contribution >= 4 is 17.3 Å². The summed E-state index contributed by atoms with van der Waals surface area (Å²) in [5, 5.41) is 8.31. The highest BCUT2D eigenvalue weighted by Gasteiger charge is 1.99. The number of hydrogen-bond acceptors (Lipinski definition) is 4. The van der Waals surface area contributed by atoms with E-state index in [1.807, 2.05) is 12.4 Å². The van der Waals surface area contributed by atoms with E-state index in [9.17, 15) is 4.79 Å². The van der Waals surface area contributed by atoms with Crippen molar-refractivity contribution in [3.8, 4) is 0 Å². The summed E-state index contributed by atoms with van der Waals surface area (Å²) in [4.78, 5) is 15.5. The quantitative estimate of drug-likeness (QED) is 0.593. The van der Waals surface area contributed by atoms with Gasteiger partial charge in [0.25, 0.3) is 0 Å². The molecule has 0 saturated carbocycles. The largest absolute Gasteiger partial charge is 0.478 e. The Kier molecular flexibility index (Phi) is 5.00. The number of thiazole rings is 1. The molecule has 1 heterocycles. The van der Waals surface area contributed by atoms with E-state index in [1.54, 1.807) is 11.3 Å². The summed E-state index contributed by atoms with van der Waals surface area (Å²) in [6, 6.07) is 0. The Morgan fingerprint density at radius 1 is 1.73 bits per heavy atom. The molecule has 15 heavy (non-hydrogen) atoms. The van der Waals surface area contributed by atoms with Gasteiger partial charge in [0.2, 0.25) is 0 Å². The molecule has 82 valence electrons. The van der Waals surface area contributed by atoms with Gasteiger partial charge in [-0.05, 0) is 6.92 Å². The highest BCUT2D eigenvalue weighted by Crippen LogP contribution is 2.12. The van der Waals surface area contributed by atoms with Crippen molar-refractivity contribution in [3.63, 3.8) is 0 Å². The summed E-state index contributed by atoms with van der Waals surface area (Å²) in [6.07, 6.45) is 3.40. The first-order valence-corrected chi connectivity index (χ1v) is 5.44. The van der Waals surface area contributed by atoms with Crippen molar-refractivity contribution in [3.05, 3.63) is 28.2 Å². The predicted octanol–water partition coefficient (Wildman–Crippen LogP) is 1.65. The van der Waals surface area contributed by atoms with Crippen molar-refractivity contribution in [2.75, 3.05) is 13.2 Å². The Labute approximate surface area is 92.2 Å². The van der Waals surface area contributed by atoms with E-state index in [1.165, 1.54) is 11.0 Å². The minimum Gasteiger partial charge on any atom is -0.478 e. The summed E-state index contributed by atoms with van der Waals surface area (Å²) in [7, 11) is 0. The molecule has 1 rings (SSSR count). The molecule has 0 bridgehead atoms. The Morgan fingerprint density at radius 3 is 3.13 bits per heavy atom. The number of aryl methyl sites for hydroxylation is 1. The van der Waals surface area contributed by atoms with Crippen LogP contribution in [-0.4, -0.2) is 29.3 Å². The fourth-order valence-corrected chi connectivity index (χ4v) is 1.79. The van der Waals surface area contributed by atoms with Crippen LogP contribution >= 0.6 is 11.3 Å². The molecule has 0 radical (unpaired) electrons. The van der Waals surface area contributed by atoms with Gasteiger partial charge in [0, 0.05) is 17.4 Å². The monoisotopic (exact) mass is 227 g/mol. The summed E-state index contributed by atoms with van der Waals surface area (Å²) in [5.41, 5.74) is 2.86. The van der Waals surface area contributed by atoms with Gasteiger partial charge in [-0.1, -0.05) is 6.08 Å². The van der Waals surface area contributed by atoms with Crippen LogP contribution in [0.25, 0.3) is 0 Å². The van der Waals surface area contributed by atoms with Crippen molar-refractivity contribution in [2.24, 2.45) is 0 Å². The first-order chi connectivity index (χ1) is 7.20. The summed E-state index contributed by atoms with van der Waals surface area (Å²) >= 11 is 1.61. The number of aromatic nitrogens is 1. The number of aliphatic carboxylic acids is 1. The maximum Gasteiger partial charge on any atom is 0.328 e. The van der Waals surface area contributed by atoms with Crippen LogP contribution in [0.1, 0.15) is 10.6 Å². The van der Waals surface area contributed by atoms with Gasteiger partial charge in [0.05, 0.1) is 24.4 Å². The smallest absolute Gasteiger partial charge is 0.328 e. The second-order valence-corrected chi connectivity index (χ2v) is 3.87. The number of carbonyl (C=O) groups is 1. The van der Waals surface area contributed by atoms with Crippen LogP contribution < -0.4 is 0 Å². The molecule has 0 aliphatic heterocycles. The SMILES string of the molecule is Cc1ncsc1CCOC/C=C/C(=O)O. The van der Waals surface area contributed by atoms with Crippen molar-refractivity contribution < 1.29 is 14.6 Å². The number of carboxylic acid groups (broad SMARTS) is 1. The number of rotatable bonds is 6.